The smallest absolute Gasteiger partial charge is 0.321 e. The van der Waals surface area contributed by atoms with E-state index >= 15 is 0 Å². The zero-order valence-electron chi connectivity index (χ0n) is 15.8. The molecule has 0 fully saturated rings. The zero-order chi connectivity index (χ0) is 22.3. The van der Waals surface area contributed by atoms with Crippen LogP contribution in [0, 0.1) is 0 Å². The molecule has 0 saturated heterocycles. The highest BCUT2D eigenvalue weighted by Gasteiger charge is 2.42. The van der Waals surface area contributed by atoms with Crippen molar-refractivity contribution in [3.05, 3.63) is 35.9 Å². The Morgan fingerprint density at radius 2 is 1.59 bits per heavy atom. The number of carboxylic acids is 1. The highest BCUT2D eigenvalue weighted by Crippen LogP contribution is 2.23. The molecule has 0 aliphatic rings. The number of carboxylic acid groups (broad SMARTS) is 1. The third kappa shape index (κ3) is 6.29. The van der Waals surface area contributed by atoms with Gasteiger partial charge in [0.05, 0.1) is 24.6 Å². The van der Waals surface area contributed by atoms with Gasteiger partial charge in [-0.25, -0.2) is 0 Å². The maximum atomic E-state index is 12.7. The minimum Gasteiger partial charge on any atom is -0.480 e. The van der Waals surface area contributed by atoms with Gasteiger partial charge in [-0.15, -0.1) is 0 Å². The number of benzene rings is 1. The van der Waals surface area contributed by atoms with Gasteiger partial charge in [0.1, 0.15) is 24.4 Å². The average molecular weight is 413 g/mol. The number of hydrogen-bond acceptors (Lipinski definition) is 9. The van der Waals surface area contributed by atoms with Crippen LogP contribution in [0.3, 0.4) is 0 Å². The number of aliphatic carboxylic acids is 1. The van der Waals surface area contributed by atoms with Crippen molar-refractivity contribution < 1.29 is 39.9 Å². The molecule has 0 spiro atoms. The number of Topliss-reactive ketones (excluding diaryl/α,β-unsaturated/α-hetero) is 1. The summed E-state index contributed by atoms with van der Waals surface area (Å²) in [6.45, 7) is 0.525. The van der Waals surface area contributed by atoms with E-state index in [1.54, 1.807) is 6.07 Å². The summed E-state index contributed by atoms with van der Waals surface area (Å²) in [6.07, 6.45) is -6.36. The Balaban J connectivity index is 3.07. The van der Waals surface area contributed by atoms with Crippen LogP contribution < -0.4 is 16.8 Å². The number of hydrogen-bond donors (Lipinski definition) is 8. The summed E-state index contributed by atoms with van der Waals surface area (Å²) in [5.41, 5.74) is 11.2. The van der Waals surface area contributed by atoms with E-state index < -0.39 is 66.6 Å². The number of aliphatic hydroxyl groups is 4. The van der Waals surface area contributed by atoms with Gasteiger partial charge < -0.3 is 42.3 Å². The van der Waals surface area contributed by atoms with Crippen LogP contribution >= 0.6 is 0 Å². The van der Waals surface area contributed by atoms with Gasteiger partial charge in [-0.1, -0.05) is 30.3 Å². The van der Waals surface area contributed by atoms with E-state index in [2.05, 4.69) is 5.32 Å². The molecular weight excluding hydrogens is 386 g/mol. The van der Waals surface area contributed by atoms with Crippen molar-refractivity contribution in [3.63, 3.8) is 0 Å². The molecule has 1 unspecified atom stereocenters. The molecule has 0 radical (unpaired) electrons. The van der Waals surface area contributed by atoms with Crippen LogP contribution in [0.1, 0.15) is 18.4 Å². The summed E-state index contributed by atoms with van der Waals surface area (Å²) in [4.78, 5) is 35.7. The monoisotopic (exact) mass is 413 g/mol. The van der Waals surface area contributed by atoms with Gasteiger partial charge >= 0.3 is 5.97 Å². The topological polar surface area (TPSA) is 216 Å². The standard InChI is InChI=1S/C18H27N3O8/c1-8(19)17(27)21-10(7-22)13(23)15(25)16(26)14(24)11(12(20)18(28)29)9-5-3-2-4-6-9/h2-6,8,10-13,15-16,22-23,25-26H,7,19-20H2,1H3,(H,21,27)(H,28,29)/t8-,10-,11?,12-,13+,15+,16+/m0/s1. The second kappa shape index (κ2) is 11.0. The van der Waals surface area contributed by atoms with Gasteiger partial charge in [0.15, 0.2) is 5.78 Å². The van der Waals surface area contributed by atoms with Crippen LogP contribution in [0.4, 0.5) is 0 Å². The van der Waals surface area contributed by atoms with E-state index in [0.717, 1.165) is 0 Å². The molecule has 1 aromatic carbocycles. The third-order valence-corrected chi connectivity index (χ3v) is 4.42. The fourth-order valence-corrected chi connectivity index (χ4v) is 2.68. The quantitative estimate of drug-likeness (QED) is 0.180. The highest BCUT2D eigenvalue weighted by atomic mass is 16.4. The average Bonchev–Trinajstić information content (AvgIpc) is 2.70. The van der Waals surface area contributed by atoms with Crippen molar-refractivity contribution in [2.45, 2.75) is 49.3 Å². The fourth-order valence-electron chi connectivity index (χ4n) is 2.68. The minimum atomic E-state index is -2.25. The molecule has 29 heavy (non-hydrogen) atoms. The fraction of sp³-hybridized carbons (Fsp3) is 0.500. The molecule has 7 atom stereocenters. The summed E-state index contributed by atoms with van der Waals surface area (Å²) in [5.74, 6) is -4.91. The number of carbonyl (C=O) groups is 3. The van der Waals surface area contributed by atoms with E-state index in [-0.39, 0.29) is 5.56 Å². The summed E-state index contributed by atoms with van der Waals surface area (Å²) in [7, 11) is 0. The molecule has 1 amide bonds. The lowest BCUT2D eigenvalue weighted by Gasteiger charge is -2.31. The van der Waals surface area contributed by atoms with Crippen molar-refractivity contribution >= 4 is 17.7 Å². The second-order valence-corrected chi connectivity index (χ2v) is 6.67. The number of nitrogens with two attached hydrogens (primary N) is 2. The Kier molecular flexibility index (Phi) is 9.30. The van der Waals surface area contributed by atoms with E-state index in [4.69, 9.17) is 11.5 Å². The van der Waals surface area contributed by atoms with Crippen LogP contribution in [-0.2, 0) is 14.4 Å². The summed E-state index contributed by atoms with van der Waals surface area (Å²) in [6, 6.07) is 3.42. The first-order chi connectivity index (χ1) is 13.5. The zero-order valence-corrected chi connectivity index (χ0v) is 15.8. The predicted octanol–water partition coefficient (Wildman–Crippen LogP) is -3.34. The van der Waals surface area contributed by atoms with Gasteiger partial charge in [0, 0.05) is 0 Å². The molecule has 1 aromatic rings. The van der Waals surface area contributed by atoms with E-state index in [1.165, 1.54) is 31.2 Å². The van der Waals surface area contributed by atoms with Crippen LogP contribution in [-0.4, -0.2) is 86.2 Å². The molecular formula is C18H27N3O8. The Labute approximate surface area is 166 Å². The van der Waals surface area contributed by atoms with Gasteiger partial charge in [-0.2, -0.15) is 0 Å². The van der Waals surface area contributed by atoms with E-state index in [0.29, 0.717) is 0 Å². The molecule has 0 bridgehead atoms. The van der Waals surface area contributed by atoms with Gasteiger partial charge in [0.25, 0.3) is 0 Å². The number of carbonyl (C=O) groups excluding carboxylic acids is 2. The maximum absolute atomic E-state index is 12.7. The molecule has 10 N–H and O–H groups in total. The summed E-state index contributed by atoms with van der Waals surface area (Å²) >= 11 is 0. The van der Waals surface area contributed by atoms with Gasteiger partial charge in [-0.3, -0.25) is 14.4 Å². The first-order valence-electron chi connectivity index (χ1n) is 8.81. The number of nitrogens with one attached hydrogen (secondary N) is 1. The number of amides is 1. The van der Waals surface area contributed by atoms with Crippen molar-refractivity contribution in [1.29, 1.82) is 0 Å². The Bertz CT molecular complexity index is 700. The van der Waals surface area contributed by atoms with Crippen LogP contribution in [0.5, 0.6) is 0 Å². The van der Waals surface area contributed by atoms with Crippen molar-refractivity contribution in [2.24, 2.45) is 11.5 Å². The molecule has 0 saturated carbocycles. The molecule has 11 heteroatoms. The molecule has 0 aliphatic carbocycles. The number of ketones is 1. The predicted molar refractivity (Wildman–Crippen MR) is 100 cm³/mol. The molecule has 1 rings (SSSR count). The largest absolute Gasteiger partial charge is 0.480 e. The summed E-state index contributed by atoms with van der Waals surface area (Å²) in [5, 5.41) is 51.4. The minimum absolute atomic E-state index is 0.192. The Morgan fingerprint density at radius 3 is 2.03 bits per heavy atom. The number of rotatable bonds is 11. The van der Waals surface area contributed by atoms with Crippen molar-refractivity contribution in [1.82, 2.24) is 5.32 Å². The SMILES string of the molecule is C[C@H](N)C(=O)N[C@@H](CO)[C@@H](O)[C@@H](O)[C@H](O)C(=O)C(c1ccccc1)[C@H](N)C(=O)O. The lowest BCUT2D eigenvalue weighted by atomic mass is 9.83. The first-order valence-corrected chi connectivity index (χ1v) is 8.81. The van der Waals surface area contributed by atoms with E-state index in [9.17, 15) is 39.9 Å². The van der Waals surface area contributed by atoms with E-state index in [1.807, 2.05) is 0 Å². The lowest BCUT2D eigenvalue weighted by Crippen LogP contribution is -2.58. The van der Waals surface area contributed by atoms with Gasteiger partial charge in [-0.05, 0) is 12.5 Å². The number of aliphatic hydroxyl groups excluding tert-OH is 4. The lowest BCUT2D eigenvalue weighted by molar-refractivity contribution is -0.148. The Morgan fingerprint density at radius 1 is 1.03 bits per heavy atom. The van der Waals surface area contributed by atoms with Crippen molar-refractivity contribution in [2.75, 3.05) is 6.61 Å². The van der Waals surface area contributed by atoms with Crippen LogP contribution in [0.15, 0.2) is 30.3 Å². The summed E-state index contributed by atoms with van der Waals surface area (Å²) < 4.78 is 0. The van der Waals surface area contributed by atoms with Crippen LogP contribution in [0.25, 0.3) is 0 Å². The van der Waals surface area contributed by atoms with Crippen molar-refractivity contribution in [3.8, 4) is 0 Å². The Hall–Kier alpha value is -2.41. The van der Waals surface area contributed by atoms with Gasteiger partial charge in [0.2, 0.25) is 5.91 Å². The second-order valence-electron chi connectivity index (χ2n) is 6.67. The first kappa shape index (κ1) is 24.6. The molecule has 11 nitrogen and oxygen atoms in total. The normalized spacial score (nSPS) is 18.6. The molecule has 162 valence electrons. The molecule has 0 aliphatic heterocycles. The third-order valence-electron chi connectivity index (χ3n) is 4.42. The highest BCUT2D eigenvalue weighted by molar-refractivity contribution is 5.95. The molecule has 0 aromatic heterocycles. The van der Waals surface area contributed by atoms with Crippen LogP contribution in [0.2, 0.25) is 0 Å². The maximum Gasteiger partial charge on any atom is 0.321 e. The molecule has 0 heterocycles.